The summed E-state index contributed by atoms with van der Waals surface area (Å²) >= 11 is 3.50. The third-order valence-electron chi connectivity index (χ3n) is 3.19. The van der Waals surface area contributed by atoms with E-state index < -0.39 is 0 Å². The van der Waals surface area contributed by atoms with Gasteiger partial charge >= 0.3 is 0 Å². The lowest BCUT2D eigenvalue weighted by molar-refractivity contribution is 0.411. The van der Waals surface area contributed by atoms with E-state index in [-0.39, 0.29) is 5.54 Å². The molecule has 0 aromatic heterocycles. The van der Waals surface area contributed by atoms with Crippen LogP contribution in [0.25, 0.3) is 0 Å². The molecule has 2 N–H and O–H groups in total. The molecule has 4 heteroatoms. The molecular weight excluding hydrogens is 280 g/mol. The first-order valence-corrected chi connectivity index (χ1v) is 6.49. The summed E-state index contributed by atoms with van der Waals surface area (Å²) in [5.74, 6) is 0.846. The van der Waals surface area contributed by atoms with Gasteiger partial charge in [0.15, 0.2) is 0 Å². The smallest absolute Gasteiger partial charge is 0.133 e. The van der Waals surface area contributed by atoms with E-state index in [2.05, 4.69) is 53.9 Å². The van der Waals surface area contributed by atoms with Crippen molar-refractivity contribution >= 4 is 21.6 Å². The molecule has 0 radical (unpaired) electrons. The molecule has 0 bridgehead atoms. The number of ether oxygens (including phenoxy) is 1. The fourth-order valence-electron chi connectivity index (χ4n) is 1.73. The summed E-state index contributed by atoms with van der Waals surface area (Å²) < 4.78 is 6.19. The lowest BCUT2D eigenvalue weighted by Crippen LogP contribution is -2.42. The topological polar surface area (TPSA) is 38.5 Å². The Morgan fingerprint density at radius 2 is 2.06 bits per heavy atom. The Labute approximate surface area is 112 Å². The Hall–Kier alpha value is -0.740. The molecule has 0 saturated heterocycles. The highest BCUT2D eigenvalue weighted by Crippen LogP contribution is 2.32. The molecule has 1 rings (SSSR count). The van der Waals surface area contributed by atoms with Gasteiger partial charge in [-0.25, -0.2) is 0 Å². The average Bonchev–Trinajstić information content (AvgIpc) is 2.27. The molecule has 0 heterocycles. The van der Waals surface area contributed by atoms with Crippen LogP contribution in [0.2, 0.25) is 0 Å². The van der Waals surface area contributed by atoms with Gasteiger partial charge in [-0.3, -0.25) is 0 Å². The number of nitrogens with zero attached hydrogens (tertiary/aromatic N) is 1. The maximum Gasteiger partial charge on any atom is 0.133 e. The van der Waals surface area contributed by atoms with Gasteiger partial charge in [0.05, 0.1) is 11.6 Å². The molecule has 0 aliphatic carbocycles. The molecule has 3 nitrogen and oxygen atoms in total. The molecule has 1 aromatic carbocycles. The minimum atomic E-state index is 0.0444. The first-order valence-electron chi connectivity index (χ1n) is 5.70. The standard InChI is InChI=1S/C13H21BrN2O/c1-13(2,7-8-15)16(3)10-5-6-12(17-4)11(14)9-10/h5-6,9H,7-8,15H2,1-4H3. The van der Waals surface area contributed by atoms with Crippen LogP contribution in [0, 0.1) is 0 Å². The lowest BCUT2D eigenvalue weighted by Gasteiger charge is -2.37. The van der Waals surface area contributed by atoms with Gasteiger partial charge in [-0.15, -0.1) is 0 Å². The SMILES string of the molecule is COc1ccc(N(C)C(C)(C)CCN)cc1Br. The molecule has 0 spiro atoms. The second-order valence-electron chi connectivity index (χ2n) is 4.73. The molecule has 17 heavy (non-hydrogen) atoms. The third-order valence-corrected chi connectivity index (χ3v) is 3.81. The Morgan fingerprint density at radius 1 is 1.41 bits per heavy atom. The Bertz CT molecular complexity index is 380. The summed E-state index contributed by atoms with van der Waals surface area (Å²) in [7, 11) is 3.76. The van der Waals surface area contributed by atoms with Gasteiger partial charge in [0.1, 0.15) is 5.75 Å². The summed E-state index contributed by atoms with van der Waals surface area (Å²) in [5.41, 5.74) is 6.84. The van der Waals surface area contributed by atoms with Gasteiger partial charge in [0, 0.05) is 18.3 Å². The quantitative estimate of drug-likeness (QED) is 0.908. The van der Waals surface area contributed by atoms with Crippen LogP contribution in [0.1, 0.15) is 20.3 Å². The second kappa shape index (κ2) is 5.74. The maximum absolute atomic E-state index is 5.65. The van der Waals surface area contributed by atoms with Crippen molar-refractivity contribution in [1.29, 1.82) is 0 Å². The molecule has 96 valence electrons. The Morgan fingerprint density at radius 3 is 2.53 bits per heavy atom. The fraction of sp³-hybridized carbons (Fsp3) is 0.538. The minimum absolute atomic E-state index is 0.0444. The maximum atomic E-state index is 5.65. The Balaban J connectivity index is 2.96. The number of nitrogens with two attached hydrogens (primary N) is 1. The van der Waals surface area contributed by atoms with Crippen LogP contribution >= 0.6 is 15.9 Å². The molecule has 0 amide bonds. The first kappa shape index (κ1) is 14.3. The monoisotopic (exact) mass is 300 g/mol. The van der Waals surface area contributed by atoms with Crippen molar-refractivity contribution in [2.45, 2.75) is 25.8 Å². The van der Waals surface area contributed by atoms with Gasteiger partial charge in [-0.1, -0.05) is 0 Å². The molecule has 0 atom stereocenters. The fourth-order valence-corrected chi connectivity index (χ4v) is 2.26. The molecule has 0 saturated carbocycles. The lowest BCUT2D eigenvalue weighted by atomic mass is 9.98. The number of hydrogen-bond donors (Lipinski definition) is 1. The molecule has 0 unspecified atom stereocenters. The van der Waals surface area contributed by atoms with Gasteiger partial charge in [0.2, 0.25) is 0 Å². The first-order chi connectivity index (χ1) is 7.92. The second-order valence-corrected chi connectivity index (χ2v) is 5.58. The number of rotatable bonds is 5. The van der Waals surface area contributed by atoms with Crippen molar-refractivity contribution in [3.63, 3.8) is 0 Å². The molecule has 0 aliphatic rings. The van der Waals surface area contributed by atoms with E-state index in [9.17, 15) is 0 Å². The van der Waals surface area contributed by atoms with Crippen molar-refractivity contribution in [2.24, 2.45) is 5.73 Å². The van der Waals surface area contributed by atoms with Crippen LogP contribution in [0.4, 0.5) is 5.69 Å². The van der Waals surface area contributed by atoms with E-state index in [0.29, 0.717) is 6.54 Å². The number of hydrogen-bond acceptors (Lipinski definition) is 3. The van der Waals surface area contributed by atoms with Crippen molar-refractivity contribution in [3.05, 3.63) is 22.7 Å². The highest BCUT2D eigenvalue weighted by molar-refractivity contribution is 9.10. The van der Waals surface area contributed by atoms with Gasteiger partial charge < -0.3 is 15.4 Å². The third kappa shape index (κ3) is 3.36. The van der Waals surface area contributed by atoms with E-state index in [0.717, 1.165) is 22.3 Å². The summed E-state index contributed by atoms with van der Waals surface area (Å²) in [6, 6.07) is 6.09. The van der Waals surface area contributed by atoms with Crippen LogP contribution in [0.3, 0.4) is 0 Å². The van der Waals surface area contributed by atoms with Gasteiger partial charge in [-0.05, 0) is 60.9 Å². The van der Waals surface area contributed by atoms with Gasteiger partial charge in [-0.2, -0.15) is 0 Å². The van der Waals surface area contributed by atoms with E-state index in [4.69, 9.17) is 10.5 Å². The van der Waals surface area contributed by atoms with Crippen molar-refractivity contribution < 1.29 is 4.74 Å². The van der Waals surface area contributed by atoms with E-state index in [1.807, 2.05) is 6.07 Å². The largest absolute Gasteiger partial charge is 0.496 e. The normalized spacial score (nSPS) is 11.4. The zero-order valence-electron chi connectivity index (χ0n) is 11.0. The summed E-state index contributed by atoms with van der Waals surface area (Å²) in [5, 5.41) is 0. The number of benzene rings is 1. The van der Waals surface area contributed by atoms with E-state index in [1.54, 1.807) is 7.11 Å². The highest BCUT2D eigenvalue weighted by Gasteiger charge is 2.23. The zero-order valence-corrected chi connectivity index (χ0v) is 12.5. The van der Waals surface area contributed by atoms with Crippen LogP contribution in [-0.2, 0) is 0 Å². The molecule has 0 aliphatic heterocycles. The summed E-state index contributed by atoms with van der Waals surface area (Å²) in [6.45, 7) is 5.07. The average molecular weight is 301 g/mol. The summed E-state index contributed by atoms with van der Waals surface area (Å²) in [6.07, 6.45) is 0.952. The van der Waals surface area contributed by atoms with Crippen molar-refractivity contribution in [3.8, 4) is 5.75 Å². The highest BCUT2D eigenvalue weighted by atomic mass is 79.9. The van der Waals surface area contributed by atoms with Crippen LogP contribution < -0.4 is 15.4 Å². The Kier molecular flexibility index (Phi) is 4.83. The van der Waals surface area contributed by atoms with Gasteiger partial charge in [0.25, 0.3) is 0 Å². The molecule has 0 fully saturated rings. The zero-order chi connectivity index (χ0) is 13.1. The minimum Gasteiger partial charge on any atom is -0.496 e. The van der Waals surface area contributed by atoms with E-state index in [1.165, 1.54) is 0 Å². The predicted octanol–water partition coefficient (Wildman–Crippen LogP) is 3.02. The van der Waals surface area contributed by atoms with Crippen LogP contribution in [0.5, 0.6) is 5.75 Å². The summed E-state index contributed by atoms with van der Waals surface area (Å²) in [4.78, 5) is 2.24. The van der Waals surface area contributed by atoms with E-state index >= 15 is 0 Å². The molecule has 1 aromatic rings. The van der Waals surface area contributed by atoms with Crippen molar-refractivity contribution in [1.82, 2.24) is 0 Å². The number of halogens is 1. The molecular formula is C13H21BrN2O. The predicted molar refractivity (Wildman–Crippen MR) is 76.8 cm³/mol. The number of methoxy groups -OCH3 is 1. The number of anilines is 1. The van der Waals surface area contributed by atoms with Crippen LogP contribution in [0.15, 0.2) is 22.7 Å². The van der Waals surface area contributed by atoms with Crippen LogP contribution in [-0.4, -0.2) is 26.2 Å². The van der Waals surface area contributed by atoms with Crippen molar-refractivity contribution in [2.75, 3.05) is 25.6 Å².